The van der Waals surface area contributed by atoms with Gasteiger partial charge in [0.15, 0.2) is 0 Å². The third-order valence-corrected chi connectivity index (χ3v) is 3.54. The monoisotopic (exact) mass is 277 g/mol. The second-order valence-electron chi connectivity index (χ2n) is 4.95. The molecule has 103 valence electrons. The van der Waals surface area contributed by atoms with E-state index in [1.54, 1.807) is 12.1 Å². The third-order valence-electron chi connectivity index (χ3n) is 3.54. The Morgan fingerprint density at radius 2 is 1.90 bits per heavy atom. The molecule has 0 aliphatic rings. The largest absolute Gasteiger partial charge is 0.450 e. The van der Waals surface area contributed by atoms with Crippen molar-refractivity contribution < 1.29 is 9.82 Å². The number of hydrogen-bond acceptors (Lipinski definition) is 2. The lowest BCUT2D eigenvalue weighted by molar-refractivity contribution is 0.100. The molecule has 1 aromatic heterocycles. The van der Waals surface area contributed by atoms with Crippen LogP contribution in [0.4, 0.5) is 0 Å². The first-order chi connectivity index (χ1) is 10.2. The summed E-state index contributed by atoms with van der Waals surface area (Å²) >= 11 is 0. The van der Waals surface area contributed by atoms with Gasteiger partial charge in [0, 0.05) is 29.2 Å². The highest BCUT2D eigenvalue weighted by Crippen LogP contribution is 2.18. The molecule has 3 rings (SSSR count). The molecule has 1 radical (unpaired) electrons. The van der Waals surface area contributed by atoms with Gasteiger partial charge in [-0.15, -0.1) is 0 Å². The molecule has 0 fully saturated rings. The highest BCUT2D eigenvalue weighted by molar-refractivity contribution is 6.45. The van der Waals surface area contributed by atoms with E-state index in [1.165, 1.54) is 0 Å². The first-order valence-electron chi connectivity index (χ1n) is 6.62. The molecule has 1 heterocycles. The highest BCUT2D eigenvalue weighted by Gasteiger charge is 2.06. The van der Waals surface area contributed by atoms with E-state index in [9.17, 15) is 4.79 Å². The molecule has 3 aromatic rings. The van der Waals surface area contributed by atoms with E-state index in [4.69, 9.17) is 10.8 Å². The zero-order valence-corrected chi connectivity index (χ0v) is 11.4. The van der Waals surface area contributed by atoms with Crippen LogP contribution in [0.5, 0.6) is 0 Å². The van der Waals surface area contributed by atoms with Gasteiger partial charge in [-0.05, 0) is 29.8 Å². The second-order valence-corrected chi connectivity index (χ2v) is 4.95. The highest BCUT2D eigenvalue weighted by atomic mass is 16.2. The number of nitrogens with two attached hydrogens (primary N) is 1. The molecule has 1 amide bonds. The lowest BCUT2D eigenvalue weighted by atomic mass is 9.88. The van der Waals surface area contributed by atoms with Gasteiger partial charge in [0.2, 0.25) is 5.91 Å². The lowest BCUT2D eigenvalue weighted by Gasteiger charge is -2.07. The molecule has 0 bridgehead atoms. The number of hydrogen-bond donors (Lipinski definition) is 2. The van der Waals surface area contributed by atoms with E-state index >= 15 is 0 Å². The summed E-state index contributed by atoms with van der Waals surface area (Å²) in [5, 5.41) is 9.92. The van der Waals surface area contributed by atoms with E-state index < -0.39 is 5.91 Å². The third kappa shape index (κ3) is 2.69. The average molecular weight is 277 g/mol. The zero-order chi connectivity index (χ0) is 14.8. The van der Waals surface area contributed by atoms with Gasteiger partial charge in [-0.1, -0.05) is 29.7 Å². The van der Waals surface area contributed by atoms with Crippen molar-refractivity contribution in [2.24, 2.45) is 5.73 Å². The minimum absolute atomic E-state index is 0.416. The first kappa shape index (κ1) is 13.5. The number of carbonyl (C=O) groups excluding carboxylic acids is 1. The normalized spacial score (nSPS) is 10.7. The Morgan fingerprint density at radius 1 is 1.14 bits per heavy atom. The molecule has 21 heavy (non-hydrogen) atoms. The topological polar surface area (TPSA) is 68.2 Å². The van der Waals surface area contributed by atoms with Crippen LogP contribution in [-0.4, -0.2) is 23.0 Å². The van der Waals surface area contributed by atoms with Crippen LogP contribution in [0.2, 0.25) is 0 Å². The Bertz CT molecular complexity index is 794. The van der Waals surface area contributed by atoms with Crippen LogP contribution in [0.1, 0.15) is 15.9 Å². The summed E-state index contributed by atoms with van der Waals surface area (Å²) in [6.45, 7) is 0.727. The maximum Gasteiger partial charge on any atom is 0.326 e. The molecule has 5 heteroatoms. The Balaban J connectivity index is 1.91. The fourth-order valence-corrected chi connectivity index (χ4v) is 2.40. The average Bonchev–Trinajstić information content (AvgIpc) is 2.90. The van der Waals surface area contributed by atoms with E-state index in [1.807, 2.05) is 42.6 Å². The second kappa shape index (κ2) is 5.46. The van der Waals surface area contributed by atoms with Crippen molar-refractivity contribution in [2.75, 3.05) is 0 Å². The van der Waals surface area contributed by atoms with Crippen LogP contribution in [0, 0.1) is 0 Å². The quantitative estimate of drug-likeness (QED) is 0.699. The first-order valence-corrected chi connectivity index (χ1v) is 6.62. The Morgan fingerprint density at radius 3 is 2.57 bits per heavy atom. The molecule has 0 unspecified atom stereocenters. The van der Waals surface area contributed by atoms with Crippen molar-refractivity contribution in [2.45, 2.75) is 6.54 Å². The molecular weight excluding hydrogens is 263 g/mol. The van der Waals surface area contributed by atoms with Gasteiger partial charge in [0.05, 0.1) is 0 Å². The van der Waals surface area contributed by atoms with Crippen molar-refractivity contribution in [1.82, 2.24) is 4.57 Å². The number of amides is 1. The Labute approximate surface area is 123 Å². The summed E-state index contributed by atoms with van der Waals surface area (Å²) in [5.74, 6) is -0.416. The minimum Gasteiger partial charge on any atom is -0.450 e. The van der Waals surface area contributed by atoms with Crippen molar-refractivity contribution in [3.8, 4) is 0 Å². The van der Waals surface area contributed by atoms with Crippen molar-refractivity contribution in [3.05, 3.63) is 65.9 Å². The van der Waals surface area contributed by atoms with E-state index in [0.717, 1.165) is 36.0 Å². The summed E-state index contributed by atoms with van der Waals surface area (Å²) in [4.78, 5) is 11.2. The predicted octanol–water partition coefficient (Wildman–Crippen LogP) is 1.03. The fraction of sp³-hybridized carbons (Fsp3) is 0.0625. The SMILES string of the molecule is NC(=O)c1ccc2c(ccn2Cc2ccc([B]O)cc2)c1. The van der Waals surface area contributed by atoms with Gasteiger partial charge < -0.3 is 15.3 Å². The van der Waals surface area contributed by atoms with Crippen molar-refractivity contribution >= 4 is 29.8 Å². The molecule has 0 aliphatic carbocycles. The van der Waals surface area contributed by atoms with Crippen LogP contribution in [0.3, 0.4) is 0 Å². The number of fused-ring (bicyclic) bond motifs is 1. The van der Waals surface area contributed by atoms with Crippen LogP contribution in [-0.2, 0) is 6.54 Å². The molecule has 0 aliphatic heterocycles. The molecule has 3 N–H and O–H groups in total. The van der Waals surface area contributed by atoms with Crippen LogP contribution in [0.15, 0.2) is 54.7 Å². The standard InChI is InChI=1S/C16H14BN2O2/c18-16(20)13-3-6-15-12(9-13)7-8-19(15)10-11-1-4-14(17-21)5-2-11/h1-9,21H,10H2,(H2,18,20). The molecule has 2 aromatic carbocycles. The molecule has 0 saturated carbocycles. The smallest absolute Gasteiger partial charge is 0.326 e. The molecule has 4 nitrogen and oxygen atoms in total. The fourth-order valence-electron chi connectivity index (χ4n) is 2.40. The predicted molar refractivity (Wildman–Crippen MR) is 83.6 cm³/mol. The number of nitrogens with zero attached hydrogens (tertiary/aromatic N) is 1. The van der Waals surface area contributed by atoms with Gasteiger partial charge >= 0.3 is 7.48 Å². The molecule has 0 spiro atoms. The number of carbonyl (C=O) groups is 1. The van der Waals surface area contributed by atoms with Crippen LogP contribution < -0.4 is 11.2 Å². The number of primary amides is 1. The van der Waals surface area contributed by atoms with Gasteiger partial charge in [0.25, 0.3) is 0 Å². The maximum absolute atomic E-state index is 11.2. The van der Waals surface area contributed by atoms with Gasteiger partial charge in [0.1, 0.15) is 0 Å². The van der Waals surface area contributed by atoms with E-state index in [2.05, 4.69) is 4.57 Å². The van der Waals surface area contributed by atoms with Gasteiger partial charge in [-0.2, -0.15) is 0 Å². The van der Waals surface area contributed by atoms with Crippen LogP contribution in [0.25, 0.3) is 10.9 Å². The lowest BCUT2D eigenvalue weighted by Crippen LogP contribution is -2.13. The maximum atomic E-state index is 11.2. The Kier molecular flexibility index (Phi) is 3.50. The van der Waals surface area contributed by atoms with Gasteiger partial charge in [-0.3, -0.25) is 4.79 Å². The number of benzene rings is 2. The van der Waals surface area contributed by atoms with E-state index in [-0.39, 0.29) is 0 Å². The molecular formula is C16H14BN2O2. The number of aromatic nitrogens is 1. The molecule has 0 atom stereocenters. The summed E-state index contributed by atoms with van der Waals surface area (Å²) in [6.07, 6.45) is 1.99. The Hall–Kier alpha value is -2.53. The zero-order valence-electron chi connectivity index (χ0n) is 11.4. The minimum atomic E-state index is -0.416. The summed E-state index contributed by atoms with van der Waals surface area (Å²) in [6, 6.07) is 15.1. The van der Waals surface area contributed by atoms with Gasteiger partial charge in [-0.25, -0.2) is 0 Å². The summed E-state index contributed by atoms with van der Waals surface area (Å²) in [7, 11) is 1.08. The van der Waals surface area contributed by atoms with Crippen molar-refractivity contribution in [3.63, 3.8) is 0 Å². The summed E-state index contributed by atoms with van der Waals surface area (Å²) in [5.41, 5.74) is 8.78. The summed E-state index contributed by atoms with van der Waals surface area (Å²) < 4.78 is 2.11. The van der Waals surface area contributed by atoms with Crippen molar-refractivity contribution in [1.29, 1.82) is 0 Å². The molecule has 0 saturated heterocycles. The van der Waals surface area contributed by atoms with Crippen LogP contribution >= 0.6 is 0 Å². The number of rotatable bonds is 4. The van der Waals surface area contributed by atoms with E-state index in [0.29, 0.717) is 5.56 Å².